The van der Waals surface area contributed by atoms with Gasteiger partial charge in [-0.25, -0.2) is 0 Å². The Morgan fingerprint density at radius 3 is 2.50 bits per heavy atom. The number of nitrogens with zero attached hydrogens (tertiary/aromatic N) is 1. The van der Waals surface area contributed by atoms with Crippen LogP contribution in [0.5, 0.6) is 0 Å². The fraction of sp³-hybridized carbons (Fsp3) is 0.318. The second kappa shape index (κ2) is 8.69. The average molecular weight is 379 g/mol. The molecule has 28 heavy (non-hydrogen) atoms. The van der Waals surface area contributed by atoms with Crippen LogP contribution in [0.2, 0.25) is 0 Å². The molecule has 6 heteroatoms. The number of piperidine rings is 1. The van der Waals surface area contributed by atoms with Gasteiger partial charge < -0.3 is 15.5 Å². The lowest BCUT2D eigenvalue weighted by Crippen LogP contribution is -2.43. The second-order valence-corrected chi connectivity index (χ2v) is 7.16. The summed E-state index contributed by atoms with van der Waals surface area (Å²) < 4.78 is 0. The molecule has 1 atom stereocenters. The molecule has 0 bridgehead atoms. The minimum atomic E-state index is -0.238. The topological polar surface area (TPSA) is 78.5 Å². The van der Waals surface area contributed by atoms with Crippen LogP contribution in [-0.2, 0) is 9.59 Å². The fourth-order valence-corrected chi connectivity index (χ4v) is 3.40. The lowest BCUT2D eigenvalue weighted by atomic mass is 9.96. The highest BCUT2D eigenvalue weighted by Crippen LogP contribution is 2.23. The van der Waals surface area contributed by atoms with Gasteiger partial charge >= 0.3 is 0 Å². The van der Waals surface area contributed by atoms with Gasteiger partial charge in [-0.1, -0.05) is 24.3 Å². The Morgan fingerprint density at radius 1 is 1.04 bits per heavy atom. The Kier molecular flexibility index (Phi) is 6.09. The third-order valence-corrected chi connectivity index (χ3v) is 4.92. The first-order chi connectivity index (χ1) is 13.4. The first-order valence-corrected chi connectivity index (χ1v) is 9.47. The molecule has 1 fully saturated rings. The van der Waals surface area contributed by atoms with Crippen LogP contribution in [0.15, 0.2) is 48.5 Å². The summed E-state index contributed by atoms with van der Waals surface area (Å²) in [5, 5.41) is 5.68. The number of hydrogen-bond acceptors (Lipinski definition) is 3. The summed E-state index contributed by atoms with van der Waals surface area (Å²) in [5.41, 5.74) is 2.80. The Bertz CT molecular complexity index is 880. The van der Waals surface area contributed by atoms with Crippen molar-refractivity contribution in [1.82, 2.24) is 4.90 Å². The largest absolute Gasteiger partial charge is 0.338 e. The summed E-state index contributed by atoms with van der Waals surface area (Å²) in [5.74, 6) is -0.600. The fourth-order valence-electron chi connectivity index (χ4n) is 3.40. The van der Waals surface area contributed by atoms with E-state index in [9.17, 15) is 14.4 Å². The van der Waals surface area contributed by atoms with E-state index in [0.717, 1.165) is 24.1 Å². The van der Waals surface area contributed by atoms with Crippen LogP contribution in [0.3, 0.4) is 0 Å². The first kappa shape index (κ1) is 19.6. The monoisotopic (exact) mass is 379 g/mol. The van der Waals surface area contributed by atoms with E-state index in [-0.39, 0.29) is 23.6 Å². The Hall–Kier alpha value is -3.15. The van der Waals surface area contributed by atoms with E-state index in [4.69, 9.17) is 0 Å². The summed E-state index contributed by atoms with van der Waals surface area (Å²) in [7, 11) is 0. The molecule has 1 saturated heterocycles. The number of hydrogen-bond donors (Lipinski definition) is 2. The quantitative estimate of drug-likeness (QED) is 0.854. The van der Waals surface area contributed by atoms with Crippen molar-refractivity contribution in [2.75, 3.05) is 23.7 Å². The molecule has 0 aliphatic carbocycles. The Morgan fingerprint density at radius 2 is 1.79 bits per heavy atom. The van der Waals surface area contributed by atoms with Crippen molar-refractivity contribution in [3.8, 4) is 0 Å². The highest BCUT2D eigenvalue weighted by Gasteiger charge is 2.29. The van der Waals surface area contributed by atoms with Gasteiger partial charge in [0.15, 0.2) is 0 Å². The Labute approximate surface area is 164 Å². The third kappa shape index (κ3) is 4.76. The van der Waals surface area contributed by atoms with E-state index < -0.39 is 0 Å². The van der Waals surface area contributed by atoms with Gasteiger partial charge in [-0.15, -0.1) is 0 Å². The summed E-state index contributed by atoms with van der Waals surface area (Å²) in [6.45, 7) is 4.33. The lowest BCUT2D eigenvalue weighted by Gasteiger charge is -2.32. The molecule has 1 unspecified atom stereocenters. The van der Waals surface area contributed by atoms with Gasteiger partial charge in [-0.3, -0.25) is 14.4 Å². The third-order valence-electron chi connectivity index (χ3n) is 4.92. The zero-order valence-corrected chi connectivity index (χ0v) is 16.2. The van der Waals surface area contributed by atoms with Crippen molar-refractivity contribution in [3.63, 3.8) is 0 Å². The van der Waals surface area contributed by atoms with Crippen molar-refractivity contribution in [2.45, 2.75) is 26.7 Å². The van der Waals surface area contributed by atoms with E-state index >= 15 is 0 Å². The molecule has 0 radical (unpaired) electrons. The molecule has 6 nitrogen and oxygen atoms in total. The lowest BCUT2D eigenvalue weighted by molar-refractivity contribution is -0.121. The number of rotatable bonds is 4. The molecule has 2 aromatic carbocycles. The summed E-state index contributed by atoms with van der Waals surface area (Å²) >= 11 is 0. The highest BCUT2D eigenvalue weighted by atomic mass is 16.2. The van der Waals surface area contributed by atoms with Gasteiger partial charge in [0.05, 0.1) is 5.92 Å². The van der Waals surface area contributed by atoms with Crippen molar-refractivity contribution >= 4 is 29.1 Å². The zero-order valence-electron chi connectivity index (χ0n) is 16.2. The number of nitrogens with one attached hydrogen (secondary N) is 2. The smallest absolute Gasteiger partial charge is 0.253 e. The molecular formula is C22H25N3O3. The van der Waals surface area contributed by atoms with Crippen LogP contribution in [0, 0.1) is 12.8 Å². The SMILES string of the molecule is CC(=O)Nc1cc(C(=O)N2CCCC(C(=O)Nc3ccccc3)C2)ccc1C. The molecule has 0 spiro atoms. The zero-order chi connectivity index (χ0) is 20.1. The predicted octanol–water partition coefficient (Wildman–Crippen LogP) is 3.44. The van der Waals surface area contributed by atoms with Gasteiger partial charge in [0.1, 0.15) is 0 Å². The van der Waals surface area contributed by atoms with E-state index in [1.54, 1.807) is 17.0 Å². The van der Waals surface area contributed by atoms with Crippen molar-refractivity contribution in [2.24, 2.45) is 5.92 Å². The molecule has 0 aromatic heterocycles. The summed E-state index contributed by atoms with van der Waals surface area (Å²) in [6.07, 6.45) is 1.54. The molecule has 146 valence electrons. The second-order valence-electron chi connectivity index (χ2n) is 7.16. The summed E-state index contributed by atoms with van der Waals surface area (Å²) in [6, 6.07) is 14.6. The number of para-hydroxylation sites is 1. The number of likely N-dealkylation sites (tertiary alicyclic amines) is 1. The van der Waals surface area contributed by atoms with Crippen LogP contribution in [-0.4, -0.2) is 35.7 Å². The molecule has 2 aromatic rings. The molecular weight excluding hydrogens is 354 g/mol. The highest BCUT2D eigenvalue weighted by molar-refractivity contribution is 5.98. The van der Waals surface area contributed by atoms with Gasteiger partial charge in [0, 0.05) is 37.0 Å². The van der Waals surface area contributed by atoms with Crippen molar-refractivity contribution in [3.05, 3.63) is 59.7 Å². The van der Waals surface area contributed by atoms with Crippen molar-refractivity contribution < 1.29 is 14.4 Å². The summed E-state index contributed by atoms with van der Waals surface area (Å²) in [4.78, 5) is 38.6. The number of carbonyl (C=O) groups excluding carboxylic acids is 3. The molecule has 0 saturated carbocycles. The van der Waals surface area contributed by atoms with Gasteiger partial charge in [-0.05, 0) is 49.6 Å². The first-order valence-electron chi connectivity index (χ1n) is 9.47. The van der Waals surface area contributed by atoms with E-state index in [1.807, 2.05) is 43.3 Å². The normalized spacial score (nSPS) is 16.4. The minimum absolute atomic E-state index is 0.0634. The maximum Gasteiger partial charge on any atom is 0.253 e. The van der Waals surface area contributed by atoms with E-state index in [1.165, 1.54) is 6.92 Å². The molecule has 2 N–H and O–H groups in total. The molecule has 1 aliphatic rings. The van der Waals surface area contributed by atoms with Crippen LogP contribution in [0.25, 0.3) is 0 Å². The maximum absolute atomic E-state index is 13.0. The van der Waals surface area contributed by atoms with Gasteiger partial charge in [0.2, 0.25) is 11.8 Å². The van der Waals surface area contributed by atoms with E-state index in [2.05, 4.69) is 10.6 Å². The number of anilines is 2. The minimum Gasteiger partial charge on any atom is -0.338 e. The molecule has 3 rings (SSSR count). The Balaban J connectivity index is 1.69. The van der Waals surface area contributed by atoms with Gasteiger partial charge in [-0.2, -0.15) is 0 Å². The molecule has 1 aliphatic heterocycles. The van der Waals surface area contributed by atoms with Crippen LogP contribution in [0.1, 0.15) is 35.7 Å². The molecule has 3 amide bonds. The van der Waals surface area contributed by atoms with Crippen LogP contribution >= 0.6 is 0 Å². The number of amides is 3. The van der Waals surface area contributed by atoms with Crippen LogP contribution < -0.4 is 10.6 Å². The number of aryl methyl sites for hydroxylation is 1. The number of carbonyl (C=O) groups is 3. The van der Waals surface area contributed by atoms with E-state index in [0.29, 0.717) is 24.3 Å². The molecule has 1 heterocycles. The maximum atomic E-state index is 13.0. The average Bonchev–Trinajstić information content (AvgIpc) is 2.69. The van der Waals surface area contributed by atoms with Crippen molar-refractivity contribution in [1.29, 1.82) is 0 Å². The standard InChI is InChI=1S/C22H25N3O3/c1-15-10-11-17(13-20(15)23-16(2)26)22(28)25-12-6-7-18(14-25)21(27)24-19-8-4-3-5-9-19/h3-5,8-11,13,18H,6-7,12,14H2,1-2H3,(H,23,26)(H,24,27). The predicted molar refractivity (Wildman–Crippen MR) is 109 cm³/mol. The number of benzene rings is 2. The van der Waals surface area contributed by atoms with Crippen LogP contribution in [0.4, 0.5) is 11.4 Å². The van der Waals surface area contributed by atoms with Gasteiger partial charge in [0.25, 0.3) is 5.91 Å².